The Bertz CT molecular complexity index is 815. The first-order chi connectivity index (χ1) is 13.0. The summed E-state index contributed by atoms with van der Waals surface area (Å²) in [5.41, 5.74) is 0.598. The van der Waals surface area contributed by atoms with Crippen molar-refractivity contribution in [1.29, 1.82) is 0 Å². The summed E-state index contributed by atoms with van der Waals surface area (Å²) < 4.78 is 10.0. The van der Waals surface area contributed by atoms with E-state index in [1.165, 1.54) is 0 Å². The van der Waals surface area contributed by atoms with Crippen molar-refractivity contribution >= 4 is 23.5 Å². The third-order valence-electron chi connectivity index (χ3n) is 4.70. The van der Waals surface area contributed by atoms with Gasteiger partial charge in [-0.1, -0.05) is 48.3 Å². The van der Waals surface area contributed by atoms with Crippen LogP contribution in [0.15, 0.2) is 40.9 Å². The zero-order chi connectivity index (χ0) is 19.2. The first-order valence-electron chi connectivity index (χ1n) is 9.03. The molecular formula is C20H22N2O5. The molecule has 0 saturated heterocycles. The van der Waals surface area contributed by atoms with Crippen molar-refractivity contribution in [1.82, 2.24) is 5.16 Å². The van der Waals surface area contributed by atoms with Crippen molar-refractivity contribution < 1.29 is 23.6 Å². The molecular weight excluding hydrogens is 348 g/mol. The fourth-order valence-electron chi connectivity index (χ4n) is 3.39. The van der Waals surface area contributed by atoms with Gasteiger partial charge in [0.05, 0.1) is 5.92 Å². The lowest BCUT2D eigenvalue weighted by atomic mass is 9.75. The summed E-state index contributed by atoms with van der Waals surface area (Å²) in [6.45, 7) is 1.28. The number of ether oxygens (including phenoxy) is 1. The van der Waals surface area contributed by atoms with Gasteiger partial charge in [0.1, 0.15) is 5.76 Å². The number of esters is 1. The molecule has 2 atom stereocenters. The van der Waals surface area contributed by atoms with Crippen LogP contribution in [0.1, 0.15) is 41.8 Å². The van der Waals surface area contributed by atoms with Gasteiger partial charge in [-0.2, -0.15) is 0 Å². The summed E-state index contributed by atoms with van der Waals surface area (Å²) in [4.78, 5) is 37.2. The quantitative estimate of drug-likeness (QED) is 0.619. The summed E-state index contributed by atoms with van der Waals surface area (Å²) in [6, 6.07) is 10.5. The Morgan fingerprint density at radius 1 is 1.15 bits per heavy atom. The average molecular weight is 370 g/mol. The van der Waals surface area contributed by atoms with Gasteiger partial charge in [0.15, 0.2) is 18.2 Å². The molecule has 142 valence electrons. The van der Waals surface area contributed by atoms with E-state index in [0.29, 0.717) is 24.2 Å². The van der Waals surface area contributed by atoms with Gasteiger partial charge >= 0.3 is 5.97 Å². The normalized spacial score (nSPS) is 19.3. The van der Waals surface area contributed by atoms with Gasteiger partial charge in [-0.3, -0.25) is 14.4 Å². The zero-order valence-electron chi connectivity index (χ0n) is 15.1. The first kappa shape index (κ1) is 18.8. The monoisotopic (exact) mass is 370 g/mol. The van der Waals surface area contributed by atoms with E-state index in [0.717, 1.165) is 12.8 Å². The van der Waals surface area contributed by atoms with Gasteiger partial charge in [-0.05, 0) is 19.8 Å². The van der Waals surface area contributed by atoms with Crippen LogP contribution in [-0.4, -0.2) is 29.4 Å². The van der Waals surface area contributed by atoms with Crippen LogP contribution in [0.4, 0.5) is 5.82 Å². The van der Waals surface area contributed by atoms with E-state index in [1.54, 1.807) is 37.3 Å². The van der Waals surface area contributed by atoms with Crippen molar-refractivity contribution in [2.45, 2.75) is 32.6 Å². The first-order valence-corrected chi connectivity index (χ1v) is 9.03. The molecule has 1 aliphatic carbocycles. The van der Waals surface area contributed by atoms with Crippen LogP contribution in [0, 0.1) is 18.8 Å². The number of rotatable bonds is 6. The second kappa shape index (κ2) is 8.62. The molecule has 1 heterocycles. The fourth-order valence-corrected chi connectivity index (χ4v) is 3.39. The van der Waals surface area contributed by atoms with Gasteiger partial charge in [0.2, 0.25) is 0 Å². The molecule has 2 aromatic rings. The van der Waals surface area contributed by atoms with Crippen molar-refractivity contribution in [2.24, 2.45) is 11.8 Å². The maximum absolute atomic E-state index is 12.8. The molecule has 1 amide bonds. The van der Waals surface area contributed by atoms with E-state index in [2.05, 4.69) is 10.5 Å². The molecule has 1 aromatic heterocycles. The van der Waals surface area contributed by atoms with Gasteiger partial charge in [0.25, 0.3) is 5.91 Å². The second-order valence-corrected chi connectivity index (χ2v) is 6.71. The molecule has 1 aromatic carbocycles. The van der Waals surface area contributed by atoms with Gasteiger partial charge in [0, 0.05) is 17.5 Å². The Balaban J connectivity index is 1.58. The Labute approximate surface area is 157 Å². The number of aromatic nitrogens is 1. The molecule has 1 aliphatic rings. The number of Topliss-reactive ketones (excluding diaryl/α,β-unsaturated/α-hetero) is 1. The molecule has 0 spiro atoms. The van der Waals surface area contributed by atoms with E-state index >= 15 is 0 Å². The van der Waals surface area contributed by atoms with Crippen LogP contribution in [0.3, 0.4) is 0 Å². The molecule has 0 unspecified atom stereocenters. The number of nitrogens with zero attached hydrogens (tertiary/aromatic N) is 1. The van der Waals surface area contributed by atoms with Crippen LogP contribution in [-0.2, 0) is 14.3 Å². The maximum Gasteiger partial charge on any atom is 0.310 e. The topological polar surface area (TPSA) is 98.5 Å². The minimum atomic E-state index is -0.520. The Morgan fingerprint density at radius 3 is 2.52 bits per heavy atom. The van der Waals surface area contributed by atoms with Crippen molar-refractivity contribution in [3.05, 3.63) is 47.7 Å². The lowest BCUT2D eigenvalue weighted by Crippen LogP contribution is -2.35. The highest BCUT2D eigenvalue weighted by Crippen LogP contribution is 2.33. The number of hydrogen-bond donors (Lipinski definition) is 1. The number of aryl methyl sites for hydroxylation is 1. The summed E-state index contributed by atoms with van der Waals surface area (Å²) in [6.07, 6.45) is 3.01. The Morgan fingerprint density at radius 2 is 1.85 bits per heavy atom. The Hall–Kier alpha value is -2.96. The van der Waals surface area contributed by atoms with Crippen LogP contribution >= 0.6 is 0 Å². The van der Waals surface area contributed by atoms with Crippen molar-refractivity contribution in [3.63, 3.8) is 0 Å². The summed E-state index contributed by atoms with van der Waals surface area (Å²) in [5.74, 6) is -1.15. The number of benzene rings is 1. The molecule has 7 nitrogen and oxygen atoms in total. The third-order valence-corrected chi connectivity index (χ3v) is 4.70. The van der Waals surface area contributed by atoms with Crippen LogP contribution in [0.5, 0.6) is 0 Å². The number of ketones is 1. The highest BCUT2D eigenvalue weighted by Gasteiger charge is 2.37. The van der Waals surface area contributed by atoms with Gasteiger partial charge in [-0.15, -0.1) is 0 Å². The maximum atomic E-state index is 12.8. The molecule has 1 saturated carbocycles. The van der Waals surface area contributed by atoms with Gasteiger partial charge in [-0.25, -0.2) is 0 Å². The highest BCUT2D eigenvalue weighted by molar-refractivity contribution is 6.00. The third kappa shape index (κ3) is 4.81. The van der Waals surface area contributed by atoms with E-state index in [1.807, 2.05) is 6.07 Å². The lowest BCUT2D eigenvalue weighted by Gasteiger charge is -2.28. The predicted molar refractivity (Wildman–Crippen MR) is 97.0 cm³/mol. The van der Waals surface area contributed by atoms with Crippen LogP contribution in [0.25, 0.3) is 0 Å². The zero-order valence-corrected chi connectivity index (χ0v) is 15.1. The number of anilines is 1. The summed E-state index contributed by atoms with van der Waals surface area (Å²) in [7, 11) is 0. The molecule has 7 heteroatoms. The largest absolute Gasteiger partial charge is 0.455 e. The molecule has 27 heavy (non-hydrogen) atoms. The molecule has 1 fully saturated rings. The highest BCUT2D eigenvalue weighted by atomic mass is 16.5. The minimum absolute atomic E-state index is 0.0419. The van der Waals surface area contributed by atoms with E-state index in [4.69, 9.17) is 9.26 Å². The van der Waals surface area contributed by atoms with E-state index < -0.39 is 30.3 Å². The van der Waals surface area contributed by atoms with Crippen LogP contribution in [0.2, 0.25) is 0 Å². The number of carbonyl (C=O) groups is 3. The second-order valence-electron chi connectivity index (χ2n) is 6.71. The summed E-state index contributed by atoms with van der Waals surface area (Å²) in [5, 5.41) is 6.14. The molecule has 0 bridgehead atoms. The summed E-state index contributed by atoms with van der Waals surface area (Å²) >= 11 is 0. The van der Waals surface area contributed by atoms with Crippen molar-refractivity contribution in [2.75, 3.05) is 11.9 Å². The molecule has 3 rings (SSSR count). The van der Waals surface area contributed by atoms with Gasteiger partial charge < -0.3 is 14.6 Å². The van der Waals surface area contributed by atoms with E-state index in [9.17, 15) is 14.4 Å². The Kier molecular flexibility index (Phi) is 6.01. The minimum Gasteiger partial charge on any atom is -0.455 e. The number of hydrogen-bond acceptors (Lipinski definition) is 6. The fraction of sp³-hybridized carbons (Fsp3) is 0.400. The molecule has 1 N–H and O–H groups in total. The smallest absolute Gasteiger partial charge is 0.310 e. The number of amides is 1. The number of nitrogens with one attached hydrogen (secondary N) is 1. The van der Waals surface area contributed by atoms with E-state index in [-0.39, 0.29) is 11.6 Å². The molecule has 0 radical (unpaired) electrons. The SMILES string of the molecule is Cc1cc(NC(=O)COC(=O)[C@@H]2CCCC[C@H]2C(=O)c2ccccc2)no1. The lowest BCUT2D eigenvalue weighted by molar-refractivity contribution is -0.153. The van der Waals surface area contributed by atoms with Crippen LogP contribution < -0.4 is 5.32 Å². The van der Waals surface area contributed by atoms with Crippen molar-refractivity contribution in [3.8, 4) is 0 Å². The standard InChI is InChI=1S/C20H22N2O5/c1-13-11-17(22-27-13)21-18(23)12-26-20(25)16-10-6-5-9-15(16)19(24)14-7-3-2-4-8-14/h2-4,7-8,11,15-16H,5-6,9-10,12H2,1H3,(H,21,22,23)/t15-,16-/m1/s1. The number of carbonyl (C=O) groups excluding carboxylic acids is 3. The molecule has 0 aliphatic heterocycles. The predicted octanol–water partition coefficient (Wildman–Crippen LogP) is 3.15. The average Bonchev–Trinajstić information content (AvgIpc) is 3.10.